The molecule has 0 aromatic heterocycles. The minimum absolute atomic E-state index is 0.0107. The Labute approximate surface area is 181 Å². The molecule has 0 spiro atoms. The molecular weight excluding hydrogens is 352 g/mol. The van der Waals surface area contributed by atoms with Crippen molar-refractivity contribution in [2.24, 2.45) is 58.2 Å². The van der Waals surface area contributed by atoms with Gasteiger partial charge >= 0.3 is 0 Å². The van der Waals surface area contributed by atoms with Crippen molar-refractivity contribution in [2.45, 2.75) is 118 Å². The van der Waals surface area contributed by atoms with Crippen molar-refractivity contribution in [3.8, 4) is 0 Å². The second-order valence-electron chi connectivity index (χ2n) is 13.1. The Morgan fingerprint density at radius 1 is 0.793 bits per heavy atom. The SMILES string of the molecule is CC(C)C(C)CCC(C)C1CCC2C3CCC4CC(O)CC[C@]4(C)C3CC[C@]12C. The van der Waals surface area contributed by atoms with E-state index >= 15 is 0 Å². The summed E-state index contributed by atoms with van der Waals surface area (Å²) in [5.41, 5.74) is 1.14. The molecule has 0 bridgehead atoms. The molecule has 4 fully saturated rings. The van der Waals surface area contributed by atoms with Crippen LogP contribution in [0.1, 0.15) is 112 Å². The molecule has 10 atom stereocenters. The smallest absolute Gasteiger partial charge is 0.0543 e. The Balaban J connectivity index is 1.46. The van der Waals surface area contributed by atoms with Crippen LogP contribution in [0.5, 0.6) is 0 Å². The molecule has 8 unspecified atom stereocenters. The third-order valence-electron chi connectivity index (χ3n) is 11.6. The number of rotatable bonds is 5. The molecule has 0 radical (unpaired) electrons. The molecule has 4 saturated carbocycles. The van der Waals surface area contributed by atoms with E-state index in [9.17, 15) is 5.11 Å². The second-order valence-corrected chi connectivity index (χ2v) is 13.1. The lowest BCUT2D eigenvalue weighted by atomic mass is 9.44. The maximum absolute atomic E-state index is 10.3. The molecule has 4 aliphatic rings. The van der Waals surface area contributed by atoms with E-state index in [0.29, 0.717) is 10.8 Å². The van der Waals surface area contributed by atoms with E-state index in [0.717, 1.165) is 60.2 Å². The monoisotopic (exact) mass is 402 g/mol. The molecule has 0 amide bonds. The largest absolute Gasteiger partial charge is 0.393 e. The fourth-order valence-corrected chi connectivity index (χ4v) is 9.27. The van der Waals surface area contributed by atoms with Crippen LogP contribution in [0.15, 0.2) is 0 Å². The van der Waals surface area contributed by atoms with Crippen LogP contribution in [0.2, 0.25) is 0 Å². The molecule has 1 N–H and O–H groups in total. The van der Waals surface area contributed by atoms with Crippen molar-refractivity contribution in [1.29, 1.82) is 0 Å². The van der Waals surface area contributed by atoms with E-state index in [1.165, 1.54) is 57.8 Å². The van der Waals surface area contributed by atoms with Gasteiger partial charge in [0.25, 0.3) is 0 Å². The zero-order valence-electron chi connectivity index (χ0n) is 20.4. The minimum atomic E-state index is -0.0107. The number of fused-ring (bicyclic) bond motifs is 5. The Bertz CT molecular complexity index is 569. The van der Waals surface area contributed by atoms with Crippen LogP contribution in [0.25, 0.3) is 0 Å². The number of aliphatic hydroxyl groups is 1. The van der Waals surface area contributed by atoms with E-state index in [2.05, 4.69) is 41.5 Å². The van der Waals surface area contributed by atoms with Crippen molar-refractivity contribution in [3.63, 3.8) is 0 Å². The molecule has 0 aromatic rings. The second kappa shape index (κ2) is 8.14. The van der Waals surface area contributed by atoms with Gasteiger partial charge in [-0.25, -0.2) is 0 Å². The number of hydrogen-bond donors (Lipinski definition) is 1. The lowest BCUT2D eigenvalue weighted by molar-refractivity contribution is -0.129. The first kappa shape index (κ1) is 22.2. The van der Waals surface area contributed by atoms with Crippen LogP contribution >= 0.6 is 0 Å². The summed E-state index contributed by atoms with van der Waals surface area (Å²) < 4.78 is 0. The first-order valence-electron chi connectivity index (χ1n) is 13.3. The van der Waals surface area contributed by atoms with Crippen molar-refractivity contribution >= 4 is 0 Å². The number of hydrogen-bond acceptors (Lipinski definition) is 1. The van der Waals surface area contributed by atoms with Crippen LogP contribution in [0.4, 0.5) is 0 Å². The third kappa shape index (κ3) is 3.74. The molecule has 4 aliphatic carbocycles. The summed E-state index contributed by atoms with van der Waals surface area (Å²) in [6, 6.07) is 0. The fourth-order valence-electron chi connectivity index (χ4n) is 9.27. The van der Waals surface area contributed by atoms with E-state index in [4.69, 9.17) is 0 Å². The predicted octanol–water partition coefficient (Wildman–Crippen LogP) is 7.71. The maximum Gasteiger partial charge on any atom is 0.0543 e. The summed E-state index contributed by atoms with van der Waals surface area (Å²) in [4.78, 5) is 0. The first-order chi connectivity index (χ1) is 13.7. The Kier molecular flexibility index (Phi) is 6.22. The molecule has 1 nitrogen and oxygen atoms in total. The molecule has 0 saturated heterocycles. The Morgan fingerprint density at radius 3 is 2.21 bits per heavy atom. The van der Waals surface area contributed by atoms with Crippen LogP contribution in [0.3, 0.4) is 0 Å². The van der Waals surface area contributed by atoms with E-state index < -0.39 is 0 Å². The van der Waals surface area contributed by atoms with Gasteiger partial charge in [0.15, 0.2) is 0 Å². The zero-order valence-corrected chi connectivity index (χ0v) is 20.4. The molecule has 4 rings (SSSR count). The fraction of sp³-hybridized carbons (Fsp3) is 1.00. The van der Waals surface area contributed by atoms with E-state index in [-0.39, 0.29) is 6.10 Å². The van der Waals surface area contributed by atoms with Gasteiger partial charge in [-0.05, 0) is 116 Å². The molecular formula is C28H50O. The van der Waals surface area contributed by atoms with Crippen LogP contribution in [0, 0.1) is 58.2 Å². The standard InChI is InChI=1S/C28H50O/c1-18(2)19(3)7-8-20(4)24-11-12-25-23-10-9-21-17-22(29)13-15-27(21,5)26(23)14-16-28(24,25)6/h18-26,29H,7-17H2,1-6H3/t19?,20?,21?,22?,23?,24?,25?,26?,27-,28+/m0/s1. The van der Waals surface area contributed by atoms with Crippen molar-refractivity contribution in [2.75, 3.05) is 0 Å². The zero-order chi connectivity index (χ0) is 21.0. The van der Waals surface area contributed by atoms with Crippen molar-refractivity contribution in [1.82, 2.24) is 0 Å². The highest BCUT2D eigenvalue weighted by Crippen LogP contribution is 2.68. The van der Waals surface area contributed by atoms with Crippen molar-refractivity contribution < 1.29 is 5.11 Å². The first-order valence-corrected chi connectivity index (χ1v) is 13.3. The van der Waals surface area contributed by atoms with Gasteiger partial charge in [0.1, 0.15) is 0 Å². The quantitative estimate of drug-likeness (QED) is 0.499. The lowest BCUT2D eigenvalue weighted by Crippen LogP contribution is -2.54. The maximum atomic E-state index is 10.3. The van der Waals surface area contributed by atoms with Gasteiger partial charge < -0.3 is 5.11 Å². The molecule has 168 valence electrons. The summed E-state index contributed by atoms with van der Waals surface area (Å²) in [5.74, 6) is 7.28. The van der Waals surface area contributed by atoms with E-state index in [1.54, 1.807) is 0 Å². The summed E-state index contributed by atoms with van der Waals surface area (Å²) >= 11 is 0. The topological polar surface area (TPSA) is 20.2 Å². The van der Waals surface area contributed by atoms with Gasteiger partial charge in [0.05, 0.1) is 6.10 Å². The minimum Gasteiger partial charge on any atom is -0.393 e. The predicted molar refractivity (Wildman–Crippen MR) is 124 cm³/mol. The average Bonchev–Trinajstić information content (AvgIpc) is 3.03. The highest BCUT2D eigenvalue weighted by molar-refractivity contribution is 5.09. The molecule has 0 aliphatic heterocycles. The Morgan fingerprint density at radius 2 is 1.48 bits per heavy atom. The average molecular weight is 403 g/mol. The van der Waals surface area contributed by atoms with Gasteiger partial charge in [-0.1, -0.05) is 54.4 Å². The molecule has 29 heavy (non-hydrogen) atoms. The van der Waals surface area contributed by atoms with Crippen LogP contribution in [-0.4, -0.2) is 11.2 Å². The Hall–Kier alpha value is -0.0400. The van der Waals surface area contributed by atoms with Gasteiger partial charge in [0, 0.05) is 0 Å². The van der Waals surface area contributed by atoms with Gasteiger partial charge in [-0.15, -0.1) is 0 Å². The van der Waals surface area contributed by atoms with Gasteiger partial charge in [-0.3, -0.25) is 0 Å². The van der Waals surface area contributed by atoms with Crippen LogP contribution in [-0.2, 0) is 0 Å². The normalized spacial score (nSPS) is 49.2. The molecule has 0 heterocycles. The summed E-state index contributed by atoms with van der Waals surface area (Å²) in [5, 5.41) is 10.3. The number of aliphatic hydroxyl groups excluding tert-OH is 1. The summed E-state index contributed by atoms with van der Waals surface area (Å²) in [6.07, 6.45) is 15.1. The van der Waals surface area contributed by atoms with Crippen LogP contribution < -0.4 is 0 Å². The summed E-state index contributed by atoms with van der Waals surface area (Å²) in [6.45, 7) is 15.2. The van der Waals surface area contributed by atoms with Gasteiger partial charge in [0.2, 0.25) is 0 Å². The third-order valence-corrected chi connectivity index (χ3v) is 11.6. The summed E-state index contributed by atoms with van der Waals surface area (Å²) in [7, 11) is 0. The molecule has 0 aromatic carbocycles. The van der Waals surface area contributed by atoms with Crippen molar-refractivity contribution in [3.05, 3.63) is 0 Å². The highest BCUT2D eigenvalue weighted by atomic mass is 16.3. The van der Waals surface area contributed by atoms with E-state index in [1.807, 2.05) is 0 Å². The lowest BCUT2D eigenvalue weighted by Gasteiger charge is -2.61. The molecule has 1 heteroatoms. The van der Waals surface area contributed by atoms with Gasteiger partial charge in [-0.2, -0.15) is 0 Å². The highest BCUT2D eigenvalue weighted by Gasteiger charge is 2.60.